The number of hydrogen-bond acceptors (Lipinski definition) is 3. The second kappa shape index (κ2) is 7.79. The Morgan fingerprint density at radius 1 is 1.39 bits per heavy atom. The molecule has 2 rings (SSSR count). The van der Waals surface area contributed by atoms with Gasteiger partial charge in [0.15, 0.2) is 0 Å². The highest BCUT2D eigenvalue weighted by atomic mass is 16.3. The molecule has 0 bridgehead atoms. The number of carbonyl (C=O) groups is 1. The fourth-order valence-corrected chi connectivity index (χ4v) is 3.01. The van der Waals surface area contributed by atoms with Crippen LogP contribution in [0.2, 0.25) is 0 Å². The standard InChI is InChI=1S/C18H29N3O2/c1-14(15-8-5-4-6-9-15)20-18(2,3)13-19-17(23)21-11-7-10-16(22)12-21/h4-6,8-9,14,16,20,22H,7,10-13H2,1-3H3,(H,19,23). The van der Waals surface area contributed by atoms with Crippen molar-refractivity contribution in [3.8, 4) is 0 Å². The van der Waals surface area contributed by atoms with E-state index >= 15 is 0 Å². The topological polar surface area (TPSA) is 64.6 Å². The second-order valence-corrected chi connectivity index (χ2v) is 7.06. The van der Waals surface area contributed by atoms with Crippen LogP contribution < -0.4 is 10.6 Å². The Bertz CT molecular complexity index is 504. The number of piperidine rings is 1. The fraction of sp³-hybridized carbons (Fsp3) is 0.611. The summed E-state index contributed by atoms with van der Waals surface area (Å²) < 4.78 is 0. The number of amides is 2. The van der Waals surface area contributed by atoms with E-state index in [4.69, 9.17) is 0 Å². The molecule has 1 aromatic rings. The van der Waals surface area contributed by atoms with E-state index in [1.807, 2.05) is 18.2 Å². The van der Waals surface area contributed by atoms with E-state index in [1.54, 1.807) is 4.90 Å². The molecule has 0 aromatic heterocycles. The van der Waals surface area contributed by atoms with Crippen molar-refractivity contribution in [2.45, 2.75) is 51.3 Å². The summed E-state index contributed by atoms with van der Waals surface area (Å²) in [4.78, 5) is 13.9. The van der Waals surface area contributed by atoms with Gasteiger partial charge in [-0.1, -0.05) is 30.3 Å². The Hall–Kier alpha value is -1.59. The lowest BCUT2D eigenvalue weighted by molar-refractivity contribution is 0.0836. The molecule has 0 spiro atoms. The van der Waals surface area contributed by atoms with Crippen LogP contribution in [0, 0.1) is 0 Å². The van der Waals surface area contributed by atoms with E-state index in [1.165, 1.54) is 5.56 Å². The van der Waals surface area contributed by atoms with Gasteiger partial charge in [-0.05, 0) is 39.2 Å². The minimum absolute atomic E-state index is 0.0917. The average Bonchev–Trinajstić information content (AvgIpc) is 2.53. The lowest BCUT2D eigenvalue weighted by Gasteiger charge is -2.34. The van der Waals surface area contributed by atoms with E-state index < -0.39 is 6.10 Å². The third-order valence-electron chi connectivity index (χ3n) is 4.27. The zero-order valence-corrected chi connectivity index (χ0v) is 14.4. The lowest BCUT2D eigenvalue weighted by atomic mass is 10.0. The Kier molecular flexibility index (Phi) is 6.02. The molecular weight excluding hydrogens is 290 g/mol. The highest BCUT2D eigenvalue weighted by Crippen LogP contribution is 2.16. The summed E-state index contributed by atoms with van der Waals surface area (Å²) in [6.07, 6.45) is 1.26. The number of aliphatic hydroxyl groups excluding tert-OH is 1. The van der Waals surface area contributed by atoms with Gasteiger partial charge in [0, 0.05) is 31.2 Å². The number of urea groups is 1. The number of β-amino-alcohol motifs (C(OH)–C–C–N with tert-alkyl or cyclic N) is 1. The maximum atomic E-state index is 12.2. The predicted molar refractivity (Wildman–Crippen MR) is 92.3 cm³/mol. The highest BCUT2D eigenvalue weighted by Gasteiger charge is 2.25. The molecule has 0 saturated carbocycles. The largest absolute Gasteiger partial charge is 0.391 e. The molecule has 1 aliphatic rings. The van der Waals surface area contributed by atoms with Gasteiger partial charge >= 0.3 is 6.03 Å². The molecule has 128 valence electrons. The number of hydrogen-bond donors (Lipinski definition) is 3. The van der Waals surface area contributed by atoms with E-state index in [9.17, 15) is 9.90 Å². The molecule has 0 aliphatic carbocycles. The van der Waals surface area contributed by atoms with Crippen molar-refractivity contribution < 1.29 is 9.90 Å². The summed E-state index contributed by atoms with van der Waals surface area (Å²) in [7, 11) is 0. The van der Waals surface area contributed by atoms with Crippen molar-refractivity contribution in [3.05, 3.63) is 35.9 Å². The van der Waals surface area contributed by atoms with Crippen LogP contribution in [-0.4, -0.2) is 47.3 Å². The molecule has 1 fully saturated rings. The summed E-state index contributed by atoms with van der Waals surface area (Å²) in [5.41, 5.74) is 1.00. The Labute approximate surface area is 139 Å². The van der Waals surface area contributed by atoms with Crippen molar-refractivity contribution in [3.63, 3.8) is 0 Å². The molecule has 1 heterocycles. The van der Waals surface area contributed by atoms with Crippen LogP contribution in [0.15, 0.2) is 30.3 Å². The van der Waals surface area contributed by atoms with Gasteiger partial charge in [0.05, 0.1) is 6.10 Å². The Morgan fingerprint density at radius 3 is 2.74 bits per heavy atom. The van der Waals surface area contributed by atoms with Crippen LogP contribution in [-0.2, 0) is 0 Å². The Balaban J connectivity index is 1.82. The van der Waals surface area contributed by atoms with Gasteiger partial charge in [0.25, 0.3) is 0 Å². The van der Waals surface area contributed by atoms with Crippen molar-refractivity contribution >= 4 is 6.03 Å². The maximum Gasteiger partial charge on any atom is 0.317 e. The summed E-state index contributed by atoms with van der Waals surface area (Å²) >= 11 is 0. The second-order valence-electron chi connectivity index (χ2n) is 7.06. The van der Waals surface area contributed by atoms with Gasteiger partial charge in [0.1, 0.15) is 0 Å². The first-order chi connectivity index (χ1) is 10.9. The quantitative estimate of drug-likeness (QED) is 0.780. The molecule has 2 atom stereocenters. The smallest absolute Gasteiger partial charge is 0.317 e. The molecule has 5 nitrogen and oxygen atoms in total. The fourth-order valence-electron chi connectivity index (χ4n) is 3.01. The van der Waals surface area contributed by atoms with Crippen molar-refractivity contribution in [1.82, 2.24) is 15.5 Å². The molecule has 0 radical (unpaired) electrons. The summed E-state index contributed by atoms with van der Waals surface area (Å²) in [5, 5.41) is 16.2. The number of aliphatic hydroxyl groups is 1. The van der Waals surface area contributed by atoms with Crippen molar-refractivity contribution in [2.75, 3.05) is 19.6 Å². The zero-order chi connectivity index (χ0) is 16.9. The van der Waals surface area contributed by atoms with Gasteiger partial charge in [-0.3, -0.25) is 0 Å². The summed E-state index contributed by atoms with van der Waals surface area (Å²) in [6, 6.07) is 10.4. The Morgan fingerprint density at radius 2 is 2.09 bits per heavy atom. The number of rotatable bonds is 5. The number of nitrogens with zero attached hydrogens (tertiary/aromatic N) is 1. The van der Waals surface area contributed by atoms with E-state index in [2.05, 4.69) is 43.5 Å². The highest BCUT2D eigenvalue weighted by molar-refractivity contribution is 5.74. The van der Waals surface area contributed by atoms with Crippen molar-refractivity contribution in [2.24, 2.45) is 0 Å². The van der Waals surface area contributed by atoms with Crippen LogP contribution in [0.25, 0.3) is 0 Å². The molecule has 23 heavy (non-hydrogen) atoms. The van der Waals surface area contributed by atoms with Crippen LogP contribution in [0.1, 0.15) is 45.2 Å². The third kappa shape index (κ3) is 5.52. The minimum Gasteiger partial charge on any atom is -0.391 e. The SMILES string of the molecule is CC(NC(C)(C)CNC(=O)N1CCCC(O)C1)c1ccccc1. The normalized spacial score (nSPS) is 20.2. The average molecular weight is 319 g/mol. The number of nitrogens with one attached hydrogen (secondary N) is 2. The summed E-state index contributed by atoms with van der Waals surface area (Å²) in [6.45, 7) is 7.97. The predicted octanol–water partition coefficient (Wildman–Crippen LogP) is 2.28. The van der Waals surface area contributed by atoms with Gasteiger partial charge in [-0.15, -0.1) is 0 Å². The maximum absolute atomic E-state index is 12.2. The molecular formula is C18H29N3O2. The molecule has 3 N–H and O–H groups in total. The molecule has 1 saturated heterocycles. The zero-order valence-electron chi connectivity index (χ0n) is 14.4. The van der Waals surface area contributed by atoms with Gasteiger partial charge in [-0.25, -0.2) is 4.79 Å². The lowest BCUT2D eigenvalue weighted by Crippen LogP contribution is -2.54. The molecule has 1 aromatic carbocycles. The first-order valence-electron chi connectivity index (χ1n) is 8.41. The number of carbonyl (C=O) groups excluding carboxylic acids is 1. The molecule has 1 aliphatic heterocycles. The molecule has 2 unspecified atom stereocenters. The molecule has 5 heteroatoms. The monoisotopic (exact) mass is 319 g/mol. The van der Waals surface area contributed by atoms with Gasteiger partial charge in [0.2, 0.25) is 0 Å². The van der Waals surface area contributed by atoms with Crippen LogP contribution in [0.4, 0.5) is 4.79 Å². The van der Waals surface area contributed by atoms with Crippen molar-refractivity contribution in [1.29, 1.82) is 0 Å². The third-order valence-corrected chi connectivity index (χ3v) is 4.27. The number of likely N-dealkylation sites (tertiary alicyclic amines) is 1. The van der Waals surface area contributed by atoms with Crippen LogP contribution in [0.3, 0.4) is 0 Å². The van der Waals surface area contributed by atoms with Gasteiger partial charge in [-0.2, -0.15) is 0 Å². The first kappa shape index (κ1) is 17.8. The van der Waals surface area contributed by atoms with E-state index in [-0.39, 0.29) is 17.6 Å². The molecule has 2 amide bonds. The van der Waals surface area contributed by atoms with E-state index in [0.717, 1.165) is 19.4 Å². The van der Waals surface area contributed by atoms with Crippen LogP contribution >= 0.6 is 0 Å². The van der Waals surface area contributed by atoms with Gasteiger partial charge < -0.3 is 20.6 Å². The van der Waals surface area contributed by atoms with Crippen LogP contribution in [0.5, 0.6) is 0 Å². The first-order valence-corrected chi connectivity index (χ1v) is 8.41. The van der Waals surface area contributed by atoms with E-state index in [0.29, 0.717) is 13.1 Å². The summed E-state index contributed by atoms with van der Waals surface area (Å²) in [5.74, 6) is 0. The minimum atomic E-state index is -0.390. The number of benzene rings is 1.